The van der Waals surface area contributed by atoms with Crippen LogP contribution in [-0.4, -0.2) is 0 Å². The van der Waals surface area contributed by atoms with E-state index in [4.69, 9.17) is 8.53 Å². The minimum absolute atomic E-state index is 0.320. The van der Waals surface area contributed by atoms with Crippen molar-refractivity contribution < 1.29 is 13.1 Å². The molecular formula is C28H22NO+. The molecule has 2 heterocycles. The largest absolute Gasteiger partial charge is 0.455 e. The van der Waals surface area contributed by atoms with Crippen LogP contribution in [0.5, 0.6) is 0 Å². The van der Waals surface area contributed by atoms with Crippen molar-refractivity contribution in [2.75, 3.05) is 0 Å². The van der Waals surface area contributed by atoms with Crippen LogP contribution in [0, 0.1) is 13.8 Å². The summed E-state index contributed by atoms with van der Waals surface area (Å²) in [4.78, 5) is 0. The average Bonchev–Trinajstić information content (AvgIpc) is 3.17. The summed E-state index contributed by atoms with van der Waals surface area (Å²) < 4.78 is 31.5. The second kappa shape index (κ2) is 6.17. The Bertz CT molecular complexity index is 1730. The second-order valence-corrected chi connectivity index (χ2v) is 7.97. The topological polar surface area (TPSA) is 17.0 Å². The van der Waals surface area contributed by atoms with E-state index < -0.39 is 6.85 Å². The maximum Gasteiger partial charge on any atom is 0.216 e. The Hall–Kier alpha value is -3.65. The lowest BCUT2D eigenvalue weighted by Gasteiger charge is -2.06. The van der Waals surface area contributed by atoms with Crippen LogP contribution in [0.4, 0.5) is 0 Å². The van der Waals surface area contributed by atoms with Crippen molar-refractivity contribution in [3.05, 3.63) is 90.1 Å². The predicted octanol–water partition coefficient (Wildman–Crippen LogP) is 7.00. The molecule has 0 radical (unpaired) electrons. The molecule has 0 fully saturated rings. The molecule has 2 aromatic heterocycles. The van der Waals surface area contributed by atoms with Crippen LogP contribution < -0.4 is 4.57 Å². The first kappa shape index (κ1) is 14.4. The quantitative estimate of drug-likeness (QED) is 0.218. The molecule has 0 aliphatic carbocycles. The van der Waals surface area contributed by atoms with E-state index in [1.54, 1.807) is 12.3 Å². The van der Waals surface area contributed by atoms with Gasteiger partial charge in [-0.1, -0.05) is 54.6 Å². The summed E-state index contributed by atoms with van der Waals surface area (Å²) in [5.74, 6) is 0. The van der Waals surface area contributed by atoms with Gasteiger partial charge in [-0.15, -0.1) is 0 Å². The van der Waals surface area contributed by atoms with Crippen molar-refractivity contribution in [2.45, 2.75) is 13.8 Å². The lowest BCUT2D eigenvalue weighted by molar-refractivity contribution is -0.660. The molecule has 0 atom stereocenters. The van der Waals surface area contributed by atoms with E-state index >= 15 is 0 Å². The van der Waals surface area contributed by atoms with Gasteiger partial charge in [0.15, 0.2) is 6.20 Å². The molecule has 2 heteroatoms. The molecule has 2 nitrogen and oxygen atoms in total. The first-order chi connectivity index (χ1) is 15.8. The number of nitrogens with zero attached hydrogens (tertiary/aromatic N) is 1. The Labute approximate surface area is 179 Å². The summed E-state index contributed by atoms with van der Waals surface area (Å²) in [7, 11) is 1.88. The zero-order chi connectivity index (χ0) is 22.9. The average molecular weight is 392 g/mol. The molecule has 0 N–H and O–H groups in total. The van der Waals surface area contributed by atoms with Crippen LogP contribution in [0.3, 0.4) is 0 Å². The van der Waals surface area contributed by atoms with Crippen LogP contribution in [0.2, 0.25) is 0 Å². The van der Waals surface area contributed by atoms with Crippen LogP contribution >= 0.6 is 0 Å². The van der Waals surface area contributed by atoms with Crippen molar-refractivity contribution in [1.29, 1.82) is 0 Å². The highest BCUT2D eigenvalue weighted by atomic mass is 16.3. The molecule has 0 saturated carbocycles. The fourth-order valence-corrected chi connectivity index (χ4v) is 4.71. The Morgan fingerprint density at radius 2 is 1.63 bits per heavy atom. The van der Waals surface area contributed by atoms with Gasteiger partial charge in [-0.25, -0.2) is 4.57 Å². The molecule has 4 aromatic carbocycles. The van der Waals surface area contributed by atoms with Crippen molar-refractivity contribution in [1.82, 2.24) is 0 Å². The van der Waals surface area contributed by atoms with E-state index in [1.165, 1.54) is 21.5 Å². The number of fused-ring (bicyclic) bond motifs is 7. The number of benzene rings is 4. The van der Waals surface area contributed by atoms with Crippen LogP contribution in [0.25, 0.3) is 54.7 Å². The van der Waals surface area contributed by atoms with Gasteiger partial charge in [-0.05, 0) is 53.0 Å². The van der Waals surface area contributed by atoms with Gasteiger partial charge in [0.05, 0.1) is 5.56 Å². The van der Waals surface area contributed by atoms with Gasteiger partial charge in [-0.3, -0.25) is 0 Å². The molecule has 0 aliphatic rings. The number of rotatable bonds is 1. The first-order valence-electron chi connectivity index (χ1n) is 11.6. The number of hydrogen-bond donors (Lipinski definition) is 0. The third-order valence-corrected chi connectivity index (χ3v) is 6.12. The van der Waals surface area contributed by atoms with Crippen LogP contribution in [0.15, 0.2) is 83.4 Å². The van der Waals surface area contributed by atoms with Crippen molar-refractivity contribution in [2.24, 2.45) is 7.05 Å². The summed E-state index contributed by atoms with van der Waals surface area (Å²) in [6.07, 6.45) is 1.69. The molecule has 6 rings (SSSR count). The van der Waals surface area contributed by atoms with Gasteiger partial charge in [0.2, 0.25) is 5.69 Å². The maximum atomic E-state index is 7.73. The minimum atomic E-state index is -2.14. The van der Waals surface area contributed by atoms with Gasteiger partial charge in [0.25, 0.3) is 0 Å². The molecule has 0 bridgehead atoms. The van der Waals surface area contributed by atoms with E-state index in [9.17, 15) is 0 Å². The molecule has 0 saturated heterocycles. The van der Waals surface area contributed by atoms with Gasteiger partial charge >= 0.3 is 0 Å². The van der Waals surface area contributed by atoms with Gasteiger partial charge in [-0.2, -0.15) is 0 Å². The molecule has 6 aromatic rings. The first-order valence-corrected chi connectivity index (χ1v) is 10.1. The number of aryl methyl sites for hydroxylation is 3. The Morgan fingerprint density at radius 3 is 2.50 bits per heavy atom. The third kappa shape index (κ3) is 2.34. The molecule has 0 aliphatic heterocycles. The fourth-order valence-electron chi connectivity index (χ4n) is 4.71. The maximum absolute atomic E-state index is 7.73. The van der Waals surface area contributed by atoms with E-state index in [2.05, 4.69) is 67.6 Å². The van der Waals surface area contributed by atoms with Crippen LogP contribution in [0.1, 0.15) is 15.2 Å². The number of aromatic nitrogens is 1. The normalized spacial score (nSPS) is 13.7. The second-order valence-electron chi connectivity index (χ2n) is 7.97. The Morgan fingerprint density at radius 1 is 0.800 bits per heavy atom. The minimum Gasteiger partial charge on any atom is -0.455 e. The molecule has 0 spiro atoms. The SMILES string of the molecule is [2H]C([2H])([2H])c1ccc(-c2c(C)ccc3c2oc2ccc4c5ccccc5ccc4c23)[n+](C)c1. The molecule has 30 heavy (non-hydrogen) atoms. The molecular weight excluding hydrogens is 366 g/mol. The van der Waals surface area contributed by atoms with E-state index in [0.29, 0.717) is 5.56 Å². The van der Waals surface area contributed by atoms with Crippen LogP contribution in [-0.2, 0) is 7.05 Å². The van der Waals surface area contributed by atoms with Gasteiger partial charge in [0.1, 0.15) is 18.2 Å². The molecule has 0 unspecified atom stereocenters. The highest BCUT2D eigenvalue weighted by molar-refractivity contribution is 6.24. The summed E-state index contributed by atoms with van der Waals surface area (Å²) >= 11 is 0. The number of pyridine rings is 1. The van der Waals surface area contributed by atoms with Crippen molar-refractivity contribution >= 4 is 43.5 Å². The third-order valence-electron chi connectivity index (χ3n) is 6.12. The highest BCUT2D eigenvalue weighted by Crippen LogP contribution is 2.41. The van der Waals surface area contributed by atoms with Gasteiger partial charge in [0, 0.05) is 26.5 Å². The van der Waals surface area contributed by atoms with E-state index in [-0.39, 0.29) is 0 Å². The Kier molecular flexibility index (Phi) is 2.95. The lowest BCUT2D eigenvalue weighted by atomic mass is 9.96. The molecule has 144 valence electrons. The zero-order valence-electron chi connectivity index (χ0n) is 19.9. The highest BCUT2D eigenvalue weighted by Gasteiger charge is 2.21. The number of furan rings is 1. The van der Waals surface area contributed by atoms with Crippen molar-refractivity contribution in [3.63, 3.8) is 0 Å². The zero-order valence-corrected chi connectivity index (χ0v) is 16.9. The standard InChI is InChI=1S/C28H22NO/c1-17-8-14-24(29(3)16-17)26-18(2)9-11-23-27-22-12-10-19-6-4-5-7-20(19)21(22)13-15-25(27)30-28(23)26/h4-16H,1-3H3/q+1/i1D3. The van der Waals surface area contributed by atoms with Gasteiger partial charge < -0.3 is 4.42 Å². The predicted molar refractivity (Wildman–Crippen MR) is 125 cm³/mol. The Balaban J connectivity index is 1.69. The lowest BCUT2D eigenvalue weighted by Crippen LogP contribution is -2.31. The smallest absolute Gasteiger partial charge is 0.216 e. The fraction of sp³-hybridized carbons (Fsp3) is 0.107. The van der Waals surface area contributed by atoms with E-state index in [1.807, 2.05) is 17.7 Å². The monoisotopic (exact) mass is 391 g/mol. The summed E-state index contributed by atoms with van der Waals surface area (Å²) in [5, 5.41) is 6.99. The summed E-state index contributed by atoms with van der Waals surface area (Å²) in [6.45, 7) is -0.0797. The summed E-state index contributed by atoms with van der Waals surface area (Å²) in [5.41, 5.74) is 4.97. The number of hydrogen-bond acceptors (Lipinski definition) is 1. The van der Waals surface area contributed by atoms with E-state index in [0.717, 1.165) is 38.8 Å². The molecule has 0 amide bonds. The summed E-state index contributed by atoms with van der Waals surface area (Å²) in [6, 6.07) is 24.8. The van der Waals surface area contributed by atoms with Crippen molar-refractivity contribution in [3.8, 4) is 11.3 Å².